The van der Waals surface area contributed by atoms with Gasteiger partial charge in [0.2, 0.25) is 0 Å². The van der Waals surface area contributed by atoms with Crippen molar-refractivity contribution in [2.45, 2.75) is 97.4 Å². The van der Waals surface area contributed by atoms with E-state index in [9.17, 15) is 76.7 Å². The predicted molar refractivity (Wildman–Crippen MR) is 381 cm³/mol. The van der Waals surface area contributed by atoms with Gasteiger partial charge >= 0.3 is 36.4 Å². The minimum atomic E-state index is -5.27. The molecule has 9 rings (SSSR count). The number of aromatic nitrogens is 4. The lowest BCUT2D eigenvalue weighted by Crippen LogP contribution is -2.36. The van der Waals surface area contributed by atoms with E-state index in [1.165, 1.54) is 94.7 Å². The Morgan fingerprint density at radius 3 is 1.52 bits per heavy atom. The van der Waals surface area contributed by atoms with Crippen LogP contribution in [0.1, 0.15) is 104 Å². The summed E-state index contributed by atoms with van der Waals surface area (Å²) < 4.78 is 193. The lowest BCUT2D eigenvalue weighted by Gasteiger charge is -2.19. The van der Waals surface area contributed by atoms with Gasteiger partial charge in [-0.15, -0.1) is 0 Å². The number of carbonyl (C=O) groups excluding carboxylic acids is 5. The van der Waals surface area contributed by atoms with Crippen molar-refractivity contribution in [2.24, 2.45) is 11.7 Å². The van der Waals surface area contributed by atoms with Crippen molar-refractivity contribution in [3.05, 3.63) is 230 Å². The Bertz CT molecular complexity index is 4480. The molecule has 9 aromatic rings. The van der Waals surface area contributed by atoms with Gasteiger partial charge in [0, 0.05) is 49.0 Å². The van der Waals surface area contributed by atoms with Gasteiger partial charge in [-0.3, -0.25) is 31.0 Å². The highest BCUT2D eigenvalue weighted by molar-refractivity contribution is 9.08. The zero-order valence-electron chi connectivity index (χ0n) is 59.2. The number of benzene rings is 6. The number of anilines is 1. The highest BCUT2D eigenvalue weighted by Crippen LogP contribution is 2.44. The molecule has 0 bridgehead atoms. The summed E-state index contributed by atoms with van der Waals surface area (Å²) in [6, 6.07) is 31.7. The maximum absolute atomic E-state index is 14.6. The molecular weight excluding hydrogens is 1560 g/mol. The van der Waals surface area contributed by atoms with Gasteiger partial charge in [-0.05, 0) is 122 Å². The van der Waals surface area contributed by atoms with Crippen LogP contribution in [0, 0.1) is 34.9 Å². The van der Waals surface area contributed by atoms with Gasteiger partial charge in [-0.25, -0.2) is 46.6 Å². The fourth-order valence-electron chi connectivity index (χ4n) is 8.73. The molecule has 0 radical (unpaired) electrons. The van der Waals surface area contributed by atoms with Crippen molar-refractivity contribution in [1.29, 1.82) is 0 Å². The Morgan fingerprint density at radius 1 is 0.620 bits per heavy atom. The van der Waals surface area contributed by atoms with Crippen LogP contribution >= 0.6 is 39.1 Å². The Labute approximate surface area is 629 Å². The lowest BCUT2D eigenvalue weighted by molar-refractivity contribution is -0.164. The molecular formula is C72H73BrCl2F12N10O11. The first-order valence-electron chi connectivity index (χ1n) is 31.6. The van der Waals surface area contributed by atoms with Crippen LogP contribution in [0.25, 0.3) is 39.4 Å². The van der Waals surface area contributed by atoms with Crippen LogP contribution in [0.3, 0.4) is 0 Å². The second kappa shape index (κ2) is 41.7. The molecule has 0 unspecified atom stereocenters. The largest absolute Gasteiger partial charge is 0.462 e. The molecule has 3 heterocycles. The highest BCUT2D eigenvalue weighted by atomic mass is 79.9. The predicted octanol–water partition coefficient (Wildman–Crippen LogP) is 17.2. The number of esters is 3. The molecule has 7 N–H and O–H groups in total. The Balaban J connectivity index is 0.000000299. The Kier molecular flexibility index (Phi) is 34.8. The monoisotopic (exact) mass is 1630 g/mol. The standard InChI is InChI=1S/C23H15ClF5N3O3.C18H15ClF4N2O4.C12H16FNO2.C7H6BrF.C7H9FN2.C5H12N2O2/c1-2-34-22(33)18-19(17-14(24)7-5-9-16(17)26)31-35-20(18)13-10-30-32(21(13)23(27,28)29)11-12-6-3-4-8-15(12)25;1-4-28-17(27)13-14(12-10(19)6-5-7-11(12)20)24-29-15(13)9(8-25(2)3)16(26)18(21,22)23;1-12(2,3)16-11(15)8-14-10-6-4-5-9(13)7-10;8-5-6-3-1-2-4-7(6)9;8-7-4-2-1-3-6(7)5-10-9;1-5(2,3)9-4(8)7-6/h3-10H,2,11H2,1H3;5-8H,4H2,1-3H3;4-7,14H,8H2,1-3H3;1-4H,5H2;1-4,10H,5,9H2;6H2,1-3H3,(H,7,8)/b;9-8-;;;;. The Hall–Kier alpha value is -10.3. The van der Waals surface area contributed by atoms with Crippen molar-refractivity contribution in [1.82, 2.24) is 35.8 Å². The van der Waals surface area contributed by atoms with E-state index in [4.69, 9.17) is 62.9 Å². The van der Waals surface area contributed by atoms with E-state index in [1.54, 1.807) is 84.0 Å². The first-order valence-corrected chi connectivity index (χ1v) is 33.5. The maximum atomic E-state index is 14.6. The zero-order valence-corrected chi connectivity index (χ0v) is 62.2. The quantitative estimate of drug-likeness (QED) is 0.00780. The van der Waals surface area contributed by atoms with Gasteiger partial charge in [0.25, 0.3) is 5.78 Å². The second-order valence-corrected chi connectivity index (χ2v) is 25.3. The number of ketones is 1. The molecule has 0 aliphatic rings. The van der Waals surface area contributed by atoms with Crippen molar-refractivity contribution in [3.8, 4) is 33.8 Å². The van der Waals surface area contributed by atoms with Crippen LogP contribution in [-0.2, 0) is 53.1 Å². The van der Waals surface area contributed by atoms with Crippen LogP contribution in [0.5, 0.6) is 0 Å². The maximum Gasteiger partial charge on any atom is 0.455 e. The van der Waals surface area contributed by atoms with Crippen molar-refractivity contribution in [2.75, 3.05) is 39.2 Å². The molecule has 36 heteroatoms. The smallest absolute Gasteiger partial charge is 0.455 e. The summed E-state index contributed by atoms with van der Waals surface area (Å²) in [5.41, 5.74) is -0.761. The number of nitrogens with one attached hydrogen (secondary N) is 3. The number of hydrazine groups is 2. The van der Waals surface area contributed by atoms with Crippen LogP contribution in [0.2, 0.25) is 10.0 Å². The topological polar surface area (TPSA) is 284 Å². The van der Waals surface area contributed by atoms with Crippen LogP contribution < -0.4 is 27.9 Å². The fraction of sp³-hybridized carbons (Fsp3) is 0.278. The van der Waals surface area contributed by atoms with E-state index in [0.717, 1.165) is 35.5 Å². The van der Waals surface area contributed by atoms with E-state index in [2.05, 4.69) is 42.1 Å². The summed E-state index contributed by atoms with van der Waals surface area (Å²) in [5, 5.41) is 14.0. The van der Waals surface area contributed by atoms with Crippen molar-refractivity contribution < 1.29 is 105 Å². The van der Waals surface area contributed by atoms with Gasteiger partial charge in [-0.2, -0.15) is 31.4 Å². The summed E-state index contributed by atoms with van der Waals surface area (Å²) in [6.45, 7) is 13.2. The number of amides is 1. The molecule has 0 aliphatic heterocycles. The number of allylic oxidation sites excluding steroid dienone is 1. The fourth-order valence-corrected chi connectivity index (χ4v) is 9.69. The number of nitrogens with zero attached hydrogens (tertiary/aromatic N) is 5. The van der Waals surface area contributed by atoms with Gasteiger partial charge in [0.15, 0.2) is 17.2 Å². The number of Topliss-reactive ketones (excluding diaryl/α,β-unsaturated/α-hetero) is 1. The number of ether oxygens (including phenoxy) is 4. The summed E-state index contributed by atoms with van der Waals surface area (Å²) in [4.78, 5) is 60.1. The molecule has 0 fully saturated rings. The molecule has 21 nitrogen and oxygen atoms in total. The van der Waals surface area contributed by atoms with Gasteiger partial charge in [0.05, 0.1) is 58.3 Å². The zero-order chi connectivity index (χ0) is 81.0. The lowest BCUT2D eigenvalue weighted by atomic mass is 10.00. The molecule has 6 aromatic carbocycles. The molecule has 3 aromatic heterocycles. The van der Waals surface area contributed by atoms with E-state index in [1.807, 2.05) is 11.5 Å². The molecule has 1 amide bonds. The van der Waals surface area contributed by atoms with Crippen molar-refractivity contribution >= 4 is 80.2 Å². The molecule has 0 saturated carbocycles. The van der Waals surface area contributed by atoms with Crippen molar-refractivity contribution in [3.63, 3.8) is 0 Å². The number of hydrogen-bond acceptors (Lipinski definition) is 19. The highest BCUT2D eigenvalue weighted by Gasteiger charge is 2.45. The summed E-state index contributed by atoms with van der Waals surface area (Å²) in [7, 11) is 2.72. The van der Waals surface area contributed by atoms with E-state index < -0.39 is 122 Å². The number of hydrogen-bond donors (Lipinski definition) is 5. The average Bonchev–Trinajstić information content (AvgIpc) is 1.60. The first-order chi connectivity index (χ1) is 50.6. The number of rotatable bonds is 18. The molecule has 0 saturated heterocycles. The number of halogens is 15. The van der Waals surface area contributed by atoms with E-state index >= 15 is 0 Å². The third kappa shape index (κ3) is 27.8. The number of carbonyl (C=O) groups is 5. The second-order valence-electron chi connectivity index (χ2n) is 23.9. The summed E-state index contributed by atoms with van der Waals surface area (Å²) in [6.07, 6.45) is -9.25. The molecule has 582 valence electrons. The average molecular weight is 1630 g/mol. The minimum Gasteiger partial charge on any atom is -0.462 e. The Morgan fingerprint density at radius 2 is 1.09 bits per heavy atom. The third-order valence-corrected chi connectivity index (χ3v) is 14.3. The minimum absolute atomic E-state index is 0.0285. The third-order valence-electron chi connectivity index (χ3n) is 13.1. The SMILES string of the molecule is CC(C)(C)OC(=O)CNc1cccc(F)c1.CC(C)(C)OC(=O)NN.CCOC(=O)c1c(-c2c(F)cccc2Cl)noc1-c1cnn(Cc2ccccc2F)c1C(F)(F)F.CCOC(=O)c1c(-c2c(F)cccc2Cl)noc1/C(=C/N(C)C)C(=O)C(F)(F)F.Fc1ccccc1CBr.NNCc1ccccc1F. The van der Waals surface area contributed by atoms with Gasteiger partial charge in [-0.1, -0.05) is 122 Å². The summed E-state index contributed by atoms with van der Waals surface area (Å²) in [5.74, 6) is 0.200. The summed E-state index contributed by atoms with van der Waals surface area (Å²) >= 11 is 15.2. The number of nitrogens with two attached hydrogens (primary N) is 2. The molecule has 0 spiro atoms. The van der Waals surface area contributed by atoms with E-state index in [0.29, 0.717) is 33.4 Å². The molecule has 0 aliphatic carbocycles. The molecule has 108 heavy (non-hydrogen) atoms. The van der Waals surface area contributed by atoms with Gasteiger partial charge in [0.1, 0.15) is 75.2 Å². The van der Waals surface area contributed by atoms with Crippen LogP contribution in [0.4, 0.5) is 63.2 Å². The normalized spacial score (nSPS) is 11.2. The van der Waals surface area contributed by atoms with Crippen LogP contribution in [0.15, 0.2) is 155 Å². The first kappa shape index (κ1) is 90.1. The van der Waals surface area contributed by atoms with Gasteiger partial charge < -0.3 is 38.2 Å². The van der Waals surface area contributed by atoms with Crippen LogP contribution in [-0.4, -0.2) is 106 Å². The molecule has 0 atom stereocenters. The van der Waals surface area contributed by atoms with E-state index in [-0.39, 0.29) is 69.9 Å². The number of alkyl halides is 7.